The Balaban J connectivity index is 1.68. The summed E-state index contributed by atoms with van der Waals surface area (Å²) in [7, 11) is 0. The summed E-state index contributed by atoms with van der Waals surface area (Å²) in [5.74, 6) is 1.97. The molecule has 2 fully saturated rings. The fourth-order valence-corrected chi connectivity index (χ4v) is 3.72. The molecule has 2 aliphatic rings. The molecule has 2 unspecified atom stereocenters. The molecular weight excluding hydrogens is 194 g/mol. The average Bonchev–Trinajstić information content (AvgIpc) is 2.68. The largest absolute Gasteiger partial charge is 0.311 e. The molecule has 16 heavy (non-hydrogen) atoms. The number of rotatable bonds is 4. The Hall–Kier alpha value is -0.0400. The molecule has 0 bridgehead atoms. The summed E-state index contributed by atoms with van der Waals surface area (Å²) >= 11 is 0. The van der Waals surface area contributed by atoms with Crippen LogP contribution in [0, 0.1) is 11.8 Å². The molecule has 0 radical (unpaired) electrons. The van der Waals surface area contributed by atoms with Gasteiger partial charge in [0.2, 0.25) is 0 Å². The van der Waals surface area contributed by atoms with Gasteiger partial charge in [0.15, 0.2) is 0 Å². The van der Waals surface area contributed by atoms with Crippen LogP contribution in [0.1, 0.15) is 71.6 Å². The minimum Gasteiger partial charge on any atom is -0.311 e. The van der Waals surface area contributed by atoms with E-state index in [2.05, 4.69) is 19.2 Å². The molecule has 1 N–H and O–H groups in total. The molecular formula is C15H29N. The molecule has 0 aliphatic heterocycles. The summed E-state index contributed by atoms with van der Waals surface area (Å²) in [5, 5.41) is 3.93. The van der Waals surface area contributed by atoms with Gasteiger partial charge >= 0.3 is 0 Å². The van der Waals surface area contributed by atoms with E-state index in [9.17, 15) is 0 Å². The monoisotopic (exact) mass is 223 g/mol. The van der Waals surface area contributed by atoms with Crippen molar-refractivity contribution in [1.82, 2.24) is 5.32 Å². The van der Waals surface area contributed by atoms with Crippen molar-refractivity contribution in [2.24, 2.45) is 11.8 Å². The first-order valence-corrected chi connectivity index (χ1v) is 7.55. The summed E-state index contributed by atoms with van der Waals surface area (Å²) in [6.07, 6.45) is 13.0. The number of hydrogen-bond donors (Lipinski definition) is 1. The first-order valence-electron chi connectivity index (χ1n) is 7.55. The highest BCUT2D eigenvalue weighted by molar-refractivity contribution is 4.85. The second-order valence-electron chi connectivity index (χ2n) is 6.19. The summed E-state index contributed by atoms with van der Waals surface area (Å²) in [6, 6.07) is 1.69. The highest BCUT2D eigenvalue weighted by Gasteiger charge is 2.27. The maximum Gasteiger partial charge on any atom is 0.00952 e. The van der Waals surface area contributed by atoms with Crippen molar-refractivity contribution < 1.29 is 0 Å². The maximum absolute atomic E-state index is 3.93. The van der Waals surface area contributed by atoms with Gasteiger partial charge in [-0.1, -0.05) is 33.1 Å². The second-order valence-corrected chi connectivity index (χ2v) is 6.19. The molecule has 2 saturated carbocycles. The van der Waals surface area contributed by atoms with Crippen molar-refractivity contribution >= 4 is 0 Å². The Morgan fingerprint density at radius 2 is 1.75 bits per heavy atom. The third-order valence-electron chi connectivity index (χ3n) is 4.85. The average molecular weight is 223 g/mol. The Bertz CT molecular complexity index is 194. The van der Waals surface area contributed by atoms with Gasteiger partial charge < -0.3 is 5.32 Å². The summed E-state index contributed by atoms with van der Waals surface area (Å²) in [5.41, 5.74) is 0. The third-order valence-corrected chi connectivity index (χ3v) is 4.85. The van der Waals surface area contributed by atoms with E-state index in [0.717, 1.165) is 23.9 Å². The van der Waals surface area contributed by atoms with Crippen molar-refractivity contribution in [3.8, 4) is 0 Å². The Morgan fingerprint density at radius 3 is 2.31 bits per heavy atom. The van der Waals surface area contributed by atoms with Crippen LogP contribution in [0.4, 0.5) is 0 Å². The highest BCUT2D eigenvalue weighted by atomic mass is 15.0. The van der Waals surface area contributed by atoms with Crippen molar-refractivity contribution in [1.29, 1.82) is 0 Å². The molecule has 0 spiro atoms. The fraction of sp³-hybridized carbons (Fsp3) is 1.00. The molecule has 0 aromatic rings. The first-order chi connectivity index (χ1) is 7.79. The van der Waals surface area contributed by atoms with Gasteiger partial charge in [0, 0.05) is 12.1 Å². The van der Waals surface area contributed by atoms with E-state index < -0.39 is 0 Å². The van der Waals surface area contributed by atoms with Crippen LogP contribution in [0.15, 0.2) is 0 Å². The lowest BCUT2D eigenvalue weighted by Gasteiger charge is -2.32. The lowest BCUT2D eigenvalue weighted by atomic mass is 9.83. The summed E-state index contributed by atoms with van der Waals surface area (Å²) in [6.45, 7) is 4.75. The lowest BCUT2D eigenvalue weighted by Crippen LogP contribution is -2.41. The zero-order valence-electron chi connectivity index (χ0n) is 11.2. The Morgan fingerprint density at radius 1 is 1.00 bits per heavy atom. The molecule has 0 aromatic carbocycles. The molecule has 0 amide bonds. The van der Waals surface area contributed by atoms with Crippen LogP contribution in [-0.4, -0.2) is 12.1 Å². The number of hydrogen-bond acceptors (Lipinski definition) is 1. The van der Waals surface area contributed by atoms with Crippen molar-refractivity contribution in [2.75, 3.05) is 0 Å². The first kappa shape index (κ1) is 12.4. The zero-order valence-corrected chi connectivity index (χ0v) is 11.2. The zero-order chi connectivity index (χ0) is 11.4. The van der Waals surface area contributed by atoms with E-state index in [1.165, 1.54) is 57.8 Å². The van der Waals surface area contributed by atoms with Gasteiger partial charge in [-0.2, -0.15) is 0 Å². The molecule has 94 valence electrons. The minimum absolute atomic E-state index is 0.840. The van der Waals surface area contributed by atoms with Crippen LogP contribution < -0.4 is 5.32 Å². The molecule has 2 rings (SSSR count). The van der Waals surface area contributed by atoms with Gasteiger partial charge in [0.25, 0.3) is 0 Å². The molecule has 0 heterocycles. The van der Waals surface area contributed by atoms with E-state index >= 15 is 0 Å². The van der Waals surface area contributed by atoms with Gasteiger partial charge in [-0.3, -0.25) is 0 Å². The SMILES string of the molecule is CCCC1CCC(NC2CCCC2C)CC1. The number of nitrogens with one attached hydrogen (secondary N) is 1. The van der Waals surface area contributed by atoms with Crippen molar-refractivity contribution in [3.05, 3.63) is 0 Å². The fourth-order valence-electron chi connectivity index (χ4n) is 3.72. The van der Waals surface area contributed by atoms with Crippen molar-refractivity contribution in [2.45, 2.75) is 83.7 Å². The lowest BCUT2D eigenvalue weighted by molar-refractivity contribution is 0.251. The van der Waals surface area contributed by atoms with Gasteiger partial charge in [-0.15, -0.1) is 0 Å². The minimum atomic E-state index is 0.840. The predicted molar refractivity (Wildman–Crippen MR) is 70.6 cm³/mol. The summed E-state index contributed by atoms with van der Waals surface area (Å²) in [4.78, 5) is 0. The van der Waals surface area contributed by atoms with Crippen LogP contribution in [0.25, 0.3) is 0 Å². The molecule has 2 atom stereocenters. The normalized spacial score (nSPS) is 40.1. The third kappa shape index (κ3) is 3.23. The van der Waals surface area contributed by atoms with Crippen LogP contribution in [0.3, 0.4) is 0 Å². The highest BCUT2D eigenvalue weighted by Crippen LogP contribution is 2.30. The molecule has 0 aromatic heterocycles. The van der Waals surface area contributed by atoms with Crippen LogP contribution >= 0.6 is 0 Å². The molecule has 1 heteroatoms. The molecule has 2 aliphatic carbocycles. The topological polar surface area (TPSA) is 12.0 Å². The summed E-state index contributed by atoms with van der Waals surface area (Å²) < 4.78 is 0. The van der Waals surface area contributed by atoms with Crippen molar-refractivity contribution in [3.63, 3.8) is 0 Å². The standard InChI is InChI=1S/C15H29N/c1-3-5-13-8-10-14(11-9-13)16-15-7-4-6-12(15)2/h12-16H,3-11H2,1-2H3. The molecule has 1 nitrogen and oxygen atoms in total. The van der Waals surface area contributed by atoms with Gasteiger partial charge in [-0.05, 0) is 50.4 Å². The van der Waals surface area contributed by atoms with E-state index in [0.29, 0.717) is 0 Å². The Kier molecular flexibility index (Phi) is 4.69. The quantitative estimate of drug-likeness (QED) is 0.756. The van der Waals surface area contributed by atoms with Crippen LogP contribution in [0.2, 0.25) is 0 Å². The smallest absolute Gasteiger partial charge is 0.00952 e. The second kappa shape index (κ2) is 6.05. The van der Waals surface area contributed by atoms with E-state index in [1.54, 1.807) is 0 Å². The Labute approximate surface area is 101 Å². The predicted octanol–water partition coefficient (Wildman–Crippen LogP) is 4.12. The van der Waals surface area contributed by atoms with Gasteiger partial charge in [0.1, 0.15) is 0 Å². The van der Waals surface area contributed by atoms with Crippen LogP contribution in [0.5, 0.6) is 0 Å². The van der Waals surface area contributed by atoms with E-state index in [-0.39, 0.29) is 0 Å². The van der Waals surface area contributed by atoms with Crippen LogP contribution in [-0.2, 0) is 0 Å². The van der Waals surface area contributed by atoms with Gasteiger partial charge in [-0.25, -0.2) is 0 Å². The van der Waals surface area contributed by atoms with Gasteiger partial charge in [0.05, 0.1) is 0 Å². The van der Waals surface area contributed by atoms with E-state index in [4.69, 9.17) is 0 Å². The molecule has 0 saturated heterocycles. The maximum atomic E-state index is 3.93. The van der Waals surface area contributed by atoms with E-state index in [1.807, 2.05) is 0 Å².